The van der Waals surface area contributed by atoms with Gasteiger partial charge in [-0.25, -0.2) is 0 Å². The van der Waals surface area contributed by atoms with Gasteiger partial charge in [-0.1, -0.05) is 0 Å². The molecule has 0 aromatic heterocycles. The molecule has 0 aromatic carbocycles. The monoisotopic (exact) mass is 210 g/mol. The van der Waals surface area contributed by atoms with Crippen LogP contribution in [0, 0.1) is 5.92 Å². The van der Waals surface area contributed by atoms with Crippen LogP contribution in [0.15, 0.2) is 0 Å². The summed E-state index contributed by atoms with van der Waals surface area (Å²) in [5.41, 5.74) is 0. The molecule has 2 N–H and O–H groups in total. The maximum absolute atomic E-state index is 11.7. The van der Waals surface area contributed by atoms with Crippen LogP contribution in [0.4, 0.5) is 0 Å². The molecule has 3 rings (SSSR count). The second kappa shape index (κ2) is 3.76. The zero-order valence-electron chi connectivity index (χ0n) is 8.87. The number of hydrogen-bond acceptors (Lipinski definition) is 3. The number of nitrogens with one attached hydrogen (secondary N) is 2. The minimum atomic E-state index is -0.202. The van der Waals surface area contributed by atoms with Crippen LogP contribution in [0.5, 0.6) is 0 Å². The van der Waals surface area contributed by atoms with Gasteiger partial charge >= 0.3 is 0 Å². The molecule has 3 fully saturated rings. The number of hydrogen-bond donors (Lipinski definition) is 2. The summed E-state index contributed by atoms with van der Waals surface area (Å²) in [6.45, 7) is 1.88. The van der Waals surface area contributed by atoms with E-state index in [2.05, 4.69) is 10.6 Å². The Labute approximate surface area is 89.7 Å². The number of carbonyl (C=O) groups is 1. The summed E-state index contributed by atoms with van der Waals surface area (Å²) < 4.78 is 5.73. The van der Waals surface area contributed by atoms with E-state index in [9.17, 15) is 4.79 Å². The zero-order chi connectivity index (χ0) is 10.3. The van der Waals surface area contributed by atoms with E-state index in [1.54, 1.807) is 0 Å². The second-order valence-electron chi connectivity index (χ2n) is 4.94. The Morgan fingerprint density at radius 2 is 2.27 bits per heavy atom. The maximum atomic E-state index is 11.7. The smallest absolute Gasteiger partial charge is 0.249 e. The van der Waals surface area contributed by atoms with Crippen LogP contribution in [0.2, 0.25) is 0 Å². The number of carbonyl (C=O) groups excluding carboxylic acids is 1. The van der Waals surface area contributed by atoms with Crippen LogP contribution < -0.4 is 10.6 Å². The van der Waals surface area contributed by atoms with Crippen molar-refractivity contribution in [1.29, 1.82) is 0 Å². The van der Waals surface area contributed by atoms with Gasteiger partial charge in [-0.15, -0.1) is 0 Å². The molecule has 4 heteroatoms. The molecule has 3 atom stereocenters. The van der Waals surface area contributed by atoms with E-state index in [0.29, 0.717) is 6.04 Å². The number of amides is 1. The predicted molar refractivity (Wildman–Crippen MR) is 55.4 cm³/mol. The molecule has 4 nitrogen and oxygen atoms in total. The van der Waals surface area contributed by atoms with Crippen molar-refractivity contribution in [3.05, 3.63) is 0 Å². The normalized spacial score (nSPS) is 39.1. The Balaban J connectivity index is 1.48. The van der Waals surface area contributed by atoms with Crippen molar-refractivity contribution < 1.29 is 9.53 Å². The van der Waals surface area contributed by atoms with Crippen molar-refractivity contribution in [2.75, 3.05) is 13.1 Å². The van der Waals surface area contributed by atoms with Crippen molar-refractivity contribution in [2.24, 2.45) is 5.92 Å². The molecule has 1 aliphatic carbocycles. The SMILES string of the molecule is O=C(NCC1CC1)[C@@H]1C[C@H]2NCC[C@H]2O1. The highest BCUT2D eigenvalue weighted by Gasteiger charge is 2.41. The van der Waals surface area contributed by atoms with Gasteiger partial charge in [-0.2, -0.15) is 0 Å². The summed E-state index contributed by atoms with van der Waals surface area (Å²) >= 11 is 0. The molecule has 15 heavy (non-hydrogen) atoms. The molecule has 3 aliphatic rings. The van der Waals surface area contributed by atoms with E-state index >= 15 is 0 Å². The van der Waals surface area contributed by atoms with Crippen molar-refractivity contribution in [1.82, 2.24) is 10.6 Å². The van der Waals surface area contributed by atoms with E-state index in [4.69, 9.17) is 4.74 Å². The molecule has 1 amide bonds. The van der Waals surface area contributed by atoms with E-state index < -0.39 is 0 Å². The lowest BCUT2D eigenvalue weighted by Crippen LogP contribution is -2.36. The van der Waals surface area contributed by atoms with Gasteiger partial charge in [0, 0.05) is 19.0 Å². The standard InChI is InChI=1S/C11H18N2O2/c14-11(13-6-7-1-2-7)10-5-8-9(15-10)3-4-12-8/h7-10,12H,1-6H2,(H,13,14)/t8-,9-,10+/m1/s1. The minimum absolute atomic E-state index is 0.0955. The highest BCUT2D eigenvalue weighted by molar-refractivity contribution is 5.81. The second-order valence-corrected chi connectivity index (χ2v) is 4.94. The lowest BCUT2D eigenvalue weighted by atomic mass is 10.1. The third kappa shape index (κ3) is 2.01. The Morgan fingerprint density at radius 3 is 3.00 bits per heavy atom. The first-order valence-corrected chi connectivity index (χ1v) is 5.99. The third-order valence-electron chi connectivity index (χ3n) is 3.65. The summed E-state index contributed by atoms with van der Waals surface area (Å²) in [4.78, 5) is 11.7. The topological polar surface area (TPSA) is 50.4 Å². The first-order chi connectivity index (χ1) is 7.33. The van der Waals surface area contributed by atoms with Gasteiger partial charge < -0.3 is 15.4 Å². The van der Waals surface area contributed by atoms with E-state index in [1.165, 1.54) is 12.8 Å². The third-order valence-corrected chi connectivity index (χ3v) is 3.65. The Bertz CT molecular complexity index is 253. The van der Waals surface area contributed by atoms with Crippen LogP contribution in [0.3, 0.4) is 0 Å². The average Bonchev–Trinajstić information content (AvgIpc) is 2.79. The molecular formula is C11H18N2O2. The Morgan fingerprint density at radius 1 is 1.40 bits per heavy atom. The summed E-state index contributed by atoms with van der Waals surface area (Å²) in [6.07, 6.45) is 4.53. The summed E-state index contributed by atoms with van der Waals surface area (Å²) in [6, 6.07) is 0.418. The molecule has 0 aromatic rings. The number of fused-ring (bicyclic) bond motifs is 1. The molecule has 2 saturated heterocycles. The maximum Gasteiger partial charge on any atom is 0.249 e. The Hall–Kier alpha value is -0.610. The predicted octanol–water partition coefficient (Wildman–Crippen LogP) is 0.0320. The van der Waals surface area contributed by atoms with Crippen molar-refractivity contribution in [3.8, 4) is 0 Å². The minimum Gasteiger partial charge on any atom is -0.363 e. The zero-order valence-corrected chi connectivity index (χ0v) is 8.87. The van der Waals surface area contributed by atoms with E-state index in [0.717, 1.165) is 31.8 Å². The van der Waals surface area contributed by atoms with Crippen LogP contribution in [-0.4, -0.2) is 37.2 Å². The fourth-order valence-corrected chi connectivity index (χ4v) is 2.49. The van der Waals surface area contributed by atoms with E-state index in [-0.39, 0.29) is 18.1 Å². The first-order valence-electron chi connectivity index (χ1n) is 5.99. The first kappa shape index (κ1) is 9.60. The molecular weight excluding hydrogens is 192 g/mol. The van der Waals surface area contributed by atoms with Crippen molar-refractivity contribution >= 4 is 5.91 Å². The average molecular weight is 210 g/mol. The van der Waals surface area contributed by atoms with Crippen molar-refractivity contribution in [2.45, 2.75) is 43.9 Å². The van der Waals surface area contributed by atoms with Crippen LogP contribution in [0.1, 0.15) is 25.7 Å². The fourth-order valence-electron chi connectivity index (χ4n) is 2.49. The van der Waals surface area contributed by atoms with Crippen molar-refractivity contribution in [3.63, 3.8) is 0 Å². The molecule has 0 radical (unpaired) electrons. The molecule has 2 aliphatic heterocycles. The fraction of sp³-hybridized carbons (Fsp3) is 0.909. The summed E-state index contributed by atoms with van der Waals surface area (Å²) in [5, 5.41) is 6.36. The van der Waals surface area contributed by atoms with Gasteiger partial charge in [0.05, 0.1) is 6.10 Å². The molecule has 0 bridgehead atoms. The highest BCUT2D eigenvalue weighted by Crippen LogP contribution is 2.29. The van der Waals surface area contributed by atoms with Gasteiger partial charge in [-0.3, -0.25) is 4.79 Å². The molecule has 1 saturated carbocycles. The summed E-state index contributed by atoms with van der Waals surface area (Å²) in [5.74, 6) is 0.839. The lowest BCUT2D eigenvalue weighted by molar-refractivity contribution is -0.132. The molecule has 84 valence electrons. The lowest BCUT2D eigenvalue weighted by Gasteiger charge is -2.12. The van der Waals surface area contributed by atoms with Gasteiger partial charge in [0.15, 0.2) is 0 Å². The highest BCUT2D eigenvalue weighted by atomic mass is 16.5. The van der Waals surface area contributed by atoms with Crippen LogP contribution >= 0.6 is 0 Å². The van der Waals surface area contributed by atoms with Gasteiger partial charge in [0.25, 0.3) is 0 Å². The molecule has 0 unspecified atom stereocenters. The molecule has 0 spiro atoms. The van der Waals surface area contributed by atoms with Crippen LogP contribution in [-0.2, 0) is 9.53 Å². The quantitative estimate of drug-likeness (QED) is 0.691. The van der Waals surface area contributed by atoms with Gasteiger partial charge in [0.1, 0.15) is 6.10 Å². The Kier molecular flexibility index (Phi) is 2.41. The molecule has 2 heterocycles. The van der Waals surface area contributed by atoms with Gasteiger partial charge in [0.2, 0.25) is 5.91 Å². The van der Waals surface area contributed by atoms with Crippen LogP contribution in [0.25, 0.3) is 0 Å². The van der Waals surface area contributed by atoms with Gasteiger partial charge in [-0.05, 0) is 31.7 Å². The summed E-state index contributed by atoms with van der Waals surface area (Å²) in [7, 11) is 0. The number of rotatable bonds is 3. The largest absolute Gasteiger partial charge is 0.363 e. The van der Waals surface area contributed by atoms with E-state index in [1.807, 2.05) is 0 Å². The number of ether oxygens (including phenoxy) is 1.